The van der Waals surface area contributed by atoms with Crippen LogP contribution in [0.2, 0.25) is 0 Å². The number of benzene rings is 1. The molecule has 0 bridgehead atoms. The maximum absolute atomic E-state index is 13.5. The van der Waals surface area contributed by atoms with Gasteiger partial charge in [0.15, 0.2) is 11.6 Å². The molecule has 0 fully saturated rings. The molecule has 3 N–H and O–H groups in total. The molecule has 2 aromatic rings. The molecular weight excluding hydrogens is 287 g/mol. The number of halogens is 3. The van der Waals surface area contributed by atoms with E-state index in [4.69, 9.17) is 10.2 Å². The molecule has 2 rings (SSSR count). The predicted molar refractivity (Wildman–Crippen MR) is 70.7 cm³/mol. The fourth-order valence-electron chi connectivity index (χ4n) is 1.75. The van der Waals surface area contributed by atoms with Gasteiger partial charge in [-0.25, -0.2) is 9.37 Å². The molecule has 1 aromatic carbocycles. The van der Waals surface area contributed by atoms with E-state index in [0.29, 0.717) is 11.7 Å². The Morgan fingerprint density at radius 2 is 2.10 bits per heavy atom. The summed E-state index contributed by atoms with van der Waals surface area (Å²) in [5, 5.41) is 2.91. The van der Waals surface area contributed by atoms with Gasteiger partial charge in [-0.15, -0.1) is 0 Å². The molecule has 1 unspecified atom stereocenters. The smallest absolute Gasteiger partial charge is 0.387 e. The molecule has 0 saturated heterocycles. The number of alkyl halides is 2. The number of hydrogen-bond acceptors (Lipinski definition) is 5. The molecule has 1 heterocycles. The summed E-state index contributed by atoms with van der Waals surface area (Å²) in [7, 11) is 0. The summed E-state index contributed by atoms with van der Waals surface area (Å²) in [5.41, 5.74) is 5.96. The first-order valence-corrected chi connectivity index (χ1v) is 6.09. The molecule has 0 spiro atoms. The van der Waals surface area contributed by atoms with Crippen LogP contribution < -0.4 is 15.8 Å². The Balaban J connectivity index is 2.22. The van der Waals surface area contributed by atoms with Crippen molar-refractivity contribution < 1.29 is 22.3 Å². The lowest BCUT2D eigenvalue weighted by Crippen LogP contribution is -2.10. The van der Waals surface area contributed by atoms with E-state index in [1.54, 1.807) is 20.0 Å². The highest BCUT2D eigenvalue weighted by Gasteiger charge is 2.17. The van der Waals surface area contributed by atoms with Crippen molar-refractivity contribution >= 4 is 11.4 Å². The Morgan fingerprint density at radius 1 is 1.38 bits per heavy atom. The summed E-state index contributed by atoms with van der Waals surface area (Å²) >= 11 is 0. The topological polar surface area (TPSA) is 73.3 Å². The second kappa shape index (κ2) is 5.94. The molecule has 0 radical (unpaired) electrons. The van der Waals surface area contributed by atoms with Gasteiger partial charge >= 0.3 is 6.61 Å². The van der Waals surface area contributed by atoms with E-state index in [0.717, 1.165) is 12.1 Å². The Hall–Kier alpha value is -2.38. The SMILES string of the molecule is Cc1cnc(C(C)Nc2cc(OC(F)F)c(F)cc2N)o1. The quantitative estimate of drug-likeness (QED) is 0.827. The molecule has 0 aliphatic rings. The zero-order valence-electron chi connectivity index (χ0n) is 11.4. The molecule has 5 nitrogen and oxygen atoms in total. The van der Waals surface area contributed by atoms with E-state index in [-0.39, 0.29) is 17.4 Å². The van der Waals surface area contributed by atoms with Crippen LogP contribution in [0.5, 0.6) is 5.75 Å². The highest BCUT2D eigenvalue weighted by Crippen LogP contribution is 2.31. The van der Waals surface area contributed by atoms with Crippen LogP contribution in [-0.4, -0.2) is 11.6 Å². The van der Waals surface area contributed by atoms with Crippen molar-refractivity contribution in [1.29, 1.82) is 0 Å². The number of hydrogen-bond donors (Lipinski definition) is 2. The number of nitrogens with one attached hydrogen (secondary N) is 1. The van der Waals surface area contributed by atoms with Gasteiger partial charge in [-0.1, -0.05) is 0 Å². The number of anilines is 2. The van der Waals surface area contributed by atoms with Crippen molar-refractivity contribution in [3.63, 3.8) is 0 Å². The number of aryl methyl sites for hydroxylation is 1. The number of nitrogens with zero attached hydrogens (tertiary/aromatic N) is 1. The second-order valence-corrected chi connectivity index (χ2v) is 4.42. The van der Waals surface area contributed by atoms with Crippen molar-refractivity contribution in [3.8, 4) is 5.75 Å². The molecule has 0 saturated carbocycles. The van der Waals surface area contributed by atoms with E-state index in [1.807, 2.05) is 0 Å². The van der Waals surface area contributed by atoms with Crippen LogP contribution in [0.15, 0.2) is 22.7 Å². The minimum absolute atomic E-state index is 0.0595. The fraction of sp³-hybridized carbons (Fsp3) is 0.308. The van der Waals surface area contributed by atoms with Crippen molar-refractivity contribution in [2.75, 3.05) is 11.1 Å². The van der Waals surface area contributed by atoms with E-state index in [9.17, 15) is 13.2 Å². The van der Waals surface area contributed by atoms with E-state index >= 15 is 0 Å². The monoisotopic (exact) mass is 301 g/mol. The van der Waals surface area contributed by atoms with Crippen molar-refractivity contribution in [1.82, 2.24) is 4.98 Å². The van der Waals surface area contributed by atoms with Gasteiger partial charge in [-0.05, 0) is 13.8 Å². The van der Waals surface area contributed by atoms with Crippen molar-refractivity contribution in [2.24, 2.45) is 0 Å². The summed E-state index contributed by atoms with van der Waals surface area (Å²) in [4.78, 5) is 4.03. The number of oxazole rings is 1. The second-order valence-electron chi connectivity index (χ2n) is 4.42. The standard InChI is InChI=1S/C13H14F3N3O2/c1-6-5-18-12(20-6)7(2)19-10-4-11(21-13(15)16)8(14)3-9(10)17/h3-5,7,13,19H,17H2,1-2H3. The maximum atomic E-state index is 13.5. The number of nitrogens with two attached hydrogens (primary N) is 1. The molecule has 1 aromatic heterocycles. The van der Waals surface area contributed by atoms with Gasteiger partial charge in [-0.2, -0.15) is 8.78 Å². The average molecular weight is 301 g/mol. The van der Waals surface area contributed by atoms with Crippen molar-refractivity contribution in [2.45, 2.75) is 26.5 Å². The molecule has 8 heteroatoms. The summed E-state index contributed by atoms with van der Waals surface area (Å²) in [6, 6.07) is 1.60. The highest BCUT2D eigenvalue weighted by atomic mass is 19.3. The number of aromatic nitrogens is 1. The predicted octanol–water partition coefficient (Wildman–Crippen LogP) is 3.48. The van der Waals surface area contributed by atoms with Gasteiger partial charge in [0.1, 0.15) is 11.8 Å². The van der Waals surface area contributed by atoms with Gasteiger partial charge in [0, 0.05) is 12.1 Å². The van der Waals surface area contributed by atoms with Gasteiger partial charge in [-0.3, -0.25) is 0 Å². The largest absolute Gasteiger partial charge is 0.444 e. The van der Waals surface area contributed by atoms with Crippen molar-refractivity contribution in [3.05, 3.63) is 35.8 Å². The van der Waals surface area contributed by atoms with E-state index < -0.39 is 18.2 Å². The van der Waals surface area contributed by atoms with Gasteiger partial charge < -0.3 is 20.2 Å². The first-order chi connectivity index (χ1) is 9.86. The Kier molecular flexibility index (Phi) is 4.25. The van der Waals surface area contributed by atoms with Gasteiger partial charge in [0.05, 0.1) is 17.6 Å². The van der Waals surface area contributed by atoms with E-state index in [1.165, 1.54) is 0 Å². The molecule has 0 aliphatic carbocycles. The Morgan fingerprint density at radius 3 is 2.67 bits per heavy atom. The lowest BCUT2D eigenvalue weighted by molar-refractivity contribution is -0.0521. The maximum Gasteiger partial charge on any atom is 0.387 e. The molecule has 1 atom stereocenters. The summed E-state index contributed by atoms with van der Waals surface area (Å²) in [6.07, 6.45) is 1.55. The van der Waals surface area contributed by atoms with Gasteiger partial charge in [0.2, 0.25) is 5.89 Å². The molecule has 0 aliphatic heterocycles. The summed E-state index contributed by atoms with van der Waals surface area (Å²) < 4.78 is 47.3. The van der Waals surface area contributed by atoms with Crippen LogP contribution in [0.25, 0.3) is 0 Å². The normalized spacial score (nSPS) is 12.5. The van der Waals surface area contributed by atoms with Crippen LogP contribution in [0, 0.1) is 12.7 Å². The summed E-state index contributed by atoms with van der Waals surface area (Å²) in [5.74, 6) is -0.518. The Bertz CT molecular complexity index is 631. The lowest BCUT2D eigenvalue weighted by Gasteiger charge is -2.16. The zero-order chi connectivity index (χ0) is 15.6. The molecule has 0 amide bonds. The minimum atomic E-state index is -3.12. The molecular formula is C13H14F3N3O2. The minimum Gasteiger partial charge on any atom is -0.444 e. The van der Waals surface area contributed by atoms with Crippen LogP contribution in [0.1, 0.15) is 24.6 Å². The zero-order valence-corrected chi connectivity index (χ0v) is 11.4. The fourth-order valence-corrected chi connectivity index (χ4v) is 1.75. The lowest BCUT2D eigenvalue weighted by atomic mass is 10.2. The first-order valence-electron chi connectivity index (χ1n) is 6.09. The number of nitrogen functional groups attached to an aromatic ring is 1. The molecule has 21 heavy (non-hydrogen) atoms. The third-order valence-corrected chi connectivity index (χ3v) is 2.70. The van der Waals surface area contributed by atoms with Crippen LogP contribution in [0.4, 0.5) is 24.5 Å². The first kappa shape index (κ1) is 15.0. The van der Waals surface area contributed by atoms with E-state index in [2.05, 4.69) is 15.0 Å². The number of ether oxygens (including phenoxy) is 1. The molecule has 114 valence electrons. The van der Waals surface area contributed by atoms with Crippen LogP contribution in [-0.2, 0) is 0 Å². The van der Waals surface area contributed by atoms with Gasteiger partial charge in [0.25, 0.3) is 0 Å². The Labute approximate surface area is 118 Å². The summed E-state index contributed by atoms with van der Waals surface area (Å²) in [6.45, 7) is 0.356. The average Bonchev–Trinajstić information content (AvgIpc) is 2.81. The number of rotatable bonds is 5. The highest BCUT2D eigenvalue weighted by molar-refractivity contribution is 5.69. The third-order valence-electron chi connectivity index (χ3n) is 2.70. The van der Waals surface area contributed by atoms with Crippen LogP contribution >= 0.6 is 0 Å². The third kappa shape index (κ3) is 3.59. The van der Waals surface area contributed by atoms with Crippen LogP contribution in [0.3, 0.4) is 0 Å².